The van der Waals surface area contributed by atoms with Crippen LogP contribution >= 0.6 is 0 Å². The van der Waals surface area contributed by atoms with E-state index < -0.39 is 0 Å². The highest BCUT2D eigenvalue weighted by molar-refractivity contribution is 5.72. The molecular formula is C16H18N2O. The van der Waals surface area contributed by atoms with Gasteiger partial charge in [0, 0.05) is 5.92 Å². The average molecular weight is 254 g/mol. The Morgan fingerprint density at radius 2 is 1.89 bits per heavy atom. The van der Waals surface area contributed by atoms with Gasteiger partial charge < -0.3 is 4.74 Å². The lowest BCUT2D eigenvalue weighted by Gasteiger charge is -2.13. The summed E-state index contributed by atoms with van der Waals surface area (Å²) in [6.07, 6.45) is 4.05. The van der Waals surface area contributed by atoms with Gasteiger partial charge in [-0.2, -0.15) is 0 Å². The highest BCUT2D eigenvalue weighted by Crippen LogP contribution is 2.45. The molecule has 0 N–H and O–H groups in total. The Morgan fingerprint density at radius 3 is 2.53 bits per heavy atom. The number of hydrogen-bond acceptors (Lipinski definition) is 3. The van der Waals surface area contributed by atoms with Crippen molar-refractivity contribution in [3.05, 3.63) is 41.3 Å². The third-order valence-electron chi connectivity index (χ3n) is 3.79. The van der Waals surface area contributed by atoms with E-state index in [0.29, 0.717) is 11.8 Å². The summed E-state index contributed by atoms with van der Waals surface area (Å²) in [6.45, 7) is 4.26. The summed E-state index contributed by atoms with van der Waals surface area (Å²) in [6, 6.07) is 6.48. The number of aromatic nitrogens is 2. The van der Waals surface area contributed by atoms with Crippen LogP contribution in [-0.2, 0) is 0 Å². The minimum Gasteiger partial charge on any atom is -0.480 e. The van der Waals surface area contributed by atoms with E-state index in [4.69, 9.17) is 4.74 Å². The zero-order valence-electron chi connectivity index (χ0n) is 11.6. The molecule has 19 heavy (non-hydrogen) atoms. The van der Waals surface area contributed by atoms with Crippen LogP contribution < -0.4 is 4.74 Å². The second kappa shape index (κ2) is 4.65. The first-order valence-electron chi connectivity index (χ1n) is 6.67. The van der Waals surface area contributed by atoms with Crippen molar-refractivity contribution >= 4 is 0 Å². The Morgan fingerprint density at radius 1 is 1.11 bits per heavy atom. The van der Waals surface area contributed by atoms with Crippen molar-refractivity contribution in [1.29, 1.82) is 0 Å². The fraction of sp³-hybridized carbons (Fsp3) is 0.375. The summed E-state index contributed by atoms with van der Waals surface area (Å²) in [5.74, 6) is 1.26. The molecule has 0 spiro atoms. The summed E-state index contributed by atoms with van der Waals surface area (Å²) in [5.41, 5.74) is 5.94. The summed E-state index contributed by atoms with van der Waals surface area (Å²) < 4.78 is 5.44. The van der Waals surface area contributed by atoms with Gasteiger partial charge in [0.25, 0.3) is 0 Å². The Kier molecular flexibility index (Phi) is 2.97. The van der Waals surface area contributed by atoms with Gasteiger partial charge in [-0.15, -0.1) is 0 Å². The second-order valence-corrected chi connectivity index (χ2v) is 5.22. The normalized spacial score (nSPS) is 14.5. The molecule has 1 aliphatic rings. The fourth-order valence-corrected chi connectivity index (χ4v) is 2.37. The molecule has 3 nitrogen and oxygen atoms in total. The van der Waals surface area contributed by atoms with Crippen LogP contribution in [0.3, 0.4) is 0 Å². The van der Waals surface area contributed by atoms with Crippen molar-refractivity contribution in [3.8, 4) is 17.0 Å². The largest absolute Gasteiger partial charge is 0.480 e. The zero-order chi connectivity index (χ0) is 13.4. The molecule has 1 aromatic heterocycles. The molecule has 0 radical (unpaired) electrons. The molecule has 0 aliphatic heterocycles. The molecular weight excluding hydrogens is 236 g/mol. The third-order valence-corrected chi connectivity index (χ3v) is 3.79. The van der Waals surface area contributed by atoms with E-state index in [-0.39, 0.29) is 0 Å². The average Bonchev–Trinajstić information content (AvgIpc) is 3.25. The predicted octanol–water partition coefficient (Wildman–Crippen LogP) is 3.65. The van der Waals surface area contributed by atoms with Gasteiger partial charge in [0.05, 0.1) is 18.4 Å². The highest BCUT2D eigenvalue weighted by Gasteiger charge is 2.30. The Bertz CT molecular complexity index is 618. The number of methoxy groups -OCH3 is 1. The molecule has 0 atom stereocenters. The fourth-order valence-electron chi connectivity index (χ4n) is 2.37. The first-order chi connectivity index (χ1) is 9.20. The van der Waals surface area contributed by atoms with E-state index in [9.17, 15) is 0 Å². The Balaban J connectivity index is 2.18. The number of aryl methyl sites for hydroxylation is 2. The molecule has 0 bridgehead atoms. The number of nitrogens with zero attached hydrogens (tertiary/aromatic N) is 2. The number of ether oxygens (including phenoxy) is 1. The zero-order valence-corrected chi connectivity index (χ0v) is 11.6. The molecule has 1 saturated carbocycles. The van der Waals surface area contributed by atoms with Crippen LogP contribution in [-0.4, -0.2) is 17.1 Å². The van der Waals surface area contributed by atoms with E-state index in [1.165, 1.54) is 24.0 Å². The first-order valence-corrected chi connectivity index (χ1v) is 6.67. The van der Waals surface area contributed by atoms with Crippen molar-refractivity contribution in [2.75, 3.05) is 7.11 Å². The summed E-state index contributed by atoms with van der Waals surface area (Å²) >= 11 is 0. The predicted molar refractivity (Wildman–Crippen MR) is 75.5 cm³/mol. The van der Waals surface area contributed by atoms with Crippen molar-refractivity contribution in [2.45, 2.75) is 32.6 Å². The smallest absolute Gasteiger partial charge is 0.224 e. The van der Waals surface area contributed by atoms with Gasteiger partial charge in [-0.25, -0.2) is 9.97 Å². The minimum atomic E-state index is 0.577. The van der Waals surface area contributed by atoms with Crippen molar-refractivity contribution in [2.24, 2.45) is 0 Å². The van der Waals surface area contributed by atoms with Crippen LogP contribution in [0, 0.1) is 13.8 Å². The summed E-state index contributed by atoms with van der Waals surface area (Å²) in [4.78, 5) is 8.75. The standard InChI is InChI=1S/C16H18N2O/c1-10-4-5-13(8-11(10)2)14-15(12-6-7-12)17-9-18-16(14)19-3/h4-5,8-9,12H,6-7H2,1-3H3. The van der Waals surface area contributed by atoms with Gasteiger partial charge >= 0.3 is 0 Å². The molecule has 1 fully saturated rings. The van der Waals surface area contributed by atoms with Crippen LogP contribution in [0.25, 0.3) is 11.1 Å². The molecule has 98 valence electrons. The van der Waals surface area contributed by atoms with E-state index in [0.717, 1.165) is 16.8 Å². The lowest BCUT2D eigenvalue weighted by atomic mass is 9.98. The molecule has 1 aromatic carbocycles. The Hall–Kier alpha value is -1.90. The van der Waals surface area contributed by atoms with Crippen molar-refractivity contribution < 1.29 is 4.74 Å². The molecule has 0 unspecified atom stereocenters. The maximum atomic E-state index is 5.44. The first kappa shape index (κ1) is 12.2. The lowest BCUT2D eigenvalue weighted by molar-refractivity contribution is 0.398. The van der Waals surface area contributed by atoms with Gasteiger partial charge in [-0.05, 0) is 43.4 Å². The van der Waals surface area contributed by atoms with Crippen LogP contribution in [0.5, 0.6) is 5.88 Å². The highest BCUT2D eigenvalue weighted by atomic mass is 16.5. The van der Waals surface area contributed by atoms with Gasteiger partial charge in [-0.3, -0.25) is 0 Å². The second-order valence-electron chi connectivity index (χ2n) is 5.22. The molecule has 0 amide bonds. The van der Waals surface area contributed by atoms with Gasteiger partial charge in [0.1, 0.15) is 6.33 Å². The van der Waals surface area contributed by atoms with Crippen molar-refractivity contribution in [3.63, 3.8) is 0 Å². The van der Waals surface area contributed by atoms with E-state index in [1.807, 2.05) is 0 Å². The maximum Gasteiger partial charge on any atom is 0.224 e. The minimum absolute atomic E-state index is 0.577. The van der Waals surface area contributed by atoms with E-state index in [2.05, 4.69) is 42.0 Å². The maximum absolute atomic E-state index is 5.44. The topological polar surface area (TPSA) is 35.0 Å². The van der Waals surface area contributed by atoms with Gasteiger partial charge in [-0.1, -0.05) is 18.2 Å². The van der Waals surface area contributed by atoms with Crippen LogP contribution in [0.2, 0.25) is 0 Å². The summed E-state index contributed by atoms with van der Waals surface area (Å²) in [7, 11) is 1.67. The number of benzene rings is 1. The van der Waals surface area contributed by atoms with Crippen molar-refractivity contribution in [1.82, 2.24) is 9.97 Å². The SMILES string of the molecule is COc1ncnc(C2CC2)c1-c1ccc(C)c(C)c1. The monoisotopic (exact) mass is 254 g/mol. The molecule has 2 aromatic rings. The van der Waals surface area contributed by atoms with Gasteiger partial charge in [0.2, 0.25) is 5.88 Å². The van der Waals surface area contributed by atoms with Gasteiger partial charge in [0.15, 0.2) is 0 Å². The molecule has 3 rings (SSSR count). The Labute approximate surface area is 113 Å². The molecule has 3 heteroatoms. The quantitative estimate of drug-likeness (QED) is 0.838. The van der Waals surface area contributed by atoms with Crippen LogP contribution in [0.4, 0.5) is 0 Å². The van der Waals surface area contributed by atoms with Crippen LogP contribution in [0.1, 0.15) is 35.6 Å². The van der Waals surface area contributed by atoms with E-state index in [1.54, 1.807) is 13.4 Å². The lowest BCUT2D eigenvalue weighted by Crippen LogP contribution is -1.99. The summed E-state index contributed by atoms with van der Waals surface area (Å²) in [5, 5.41) is 0. The number of hydrogen-bond donors (Lipinski definition) is 0. The molecule has 0 saturated heterocycles. The number of rotatable bonds is 3. The third kappa shape index (κ3) is 2.21. The van der Waals surface area contributed by atoms with Crippen LogP contribution in [0.15, 0.2) is 24.5 Å². The van der Waals surface area contributed by atoms with E-state index >= 15 is 0 Å². The molecule has 1 heterocycles. The molecule has 1 aliphatic carbocycles.